The fourth-order valence-electron chi connectivity index (χ4n) is 4.03. The zero-order valence-electron chi connectivity index (χ0n) is 18.6. The van der Waals surface area contributed by atoms with Crippen LogP contribution in [0, 0.1) is 0 Å². The molecule has 1 atom stereocenters. The predicted octanol–water partition coefficient (Wildman–Crippen LogP) is 4.02. The van der Waals surface area contributed by atoms with E-state index in [9.17, 15) is 9.59 Å². The lowest BCUT2D eigenvalue weighted by Gasteiger charge is -2.37. The highest BCUT2D eigenvalue weighted by molar-refractivity contribution is 7.10. The van der Waals surface area contributed by atoms with Gasteiger partial charge in [0.1, 0.15) is 18.9 Å². The molecule has 0 saturated heterocycles. The number of amides is 2. The molecule has 2 amide bonds. The van der Waals surface area contributed by atoms with Gasteiger partial charge in [-0.2, -0.15) is 0 Å². The van der Waals surface area contributed by atoms with E-state index >= 15 is 0 Å². The monoisotopic (exact) mass is 468 g/mol. The van der Waals surface area contributed by atoms with Crippen molar-refractivity contribution in [2.45, 2.75) is 18.9 Å². The lowest BCUT2D eigenvalue weighted by atomic mass is 10.0. The smallest absolute Gasteiger partial charge is 0.290 e. The number of hydrogen-bond donors (Lipinski definition) is 0. The van der Waals surface area contributed by atoms with Gasteiger partial charge in [-0.15, -0.1) is 11.3 Å². The summed E-state index contributed by atoms with van der Waals surface area (Å²) in [6.07, 6.45) is 2.89. The van der Waals surface area contributed by atoms with Crippen LogP contribution in [0.4, 0.5) is 0 Å². The third-order valence-electron chi connectivity index (χ3n) is 5.69. The summed E-state index contributed by atoms with van der Waals surface area (Å²) in [4.78, 5) is 31.1. The third-order valence-corrected chi connectivity index (χ3v) is 6.68. The highest BCUT2D eigenvalue weighted by Gasteiger charge is 2.33. The molecule has 33 heavy (non-hydrogen) atoms. The van der Waals surface area contributed by atoms with Gasteiger partial charge in [0.15, 0.2) is 5.76 Å². The molecule has 0 saturated carbocycles. The number of ether oxygens (including phenoxy) is 2. The summed E-state index contributed by atoms with van der Waals surface area (Å²) in [7, 11) is 1.62. The van der Waals surface area contributed by atoms with Crippen molar-refractivity contribution in [3.8, 4) is 5.75 Å². The first-order chi connectivity index (χ1) is 16.2. The first kappa shape index (κ1) is 23.1. The minimum absolute atomic E-state index is 0.0233. The third kappa shape index (κ3) is 5.64. The standard InChI is InChI=1S/C25H28N2O5S/c1-30-14-6-12-26(25(29)22-9-5-15-31-22)17-24(28)27-13-10-23-20(11-16-33-23)21(27)18-32-19-7-3-2-4-8-19/h2-5,7-9,11,15-16,21H,6,10,12-14,17-18H2,1H3. The van der Waals surface area contributed by atoms with Crippen molar-refractivity contribution in [2.75, 3.05) is 40.0 Å². The lowest BCUT2D eigenvalue weighted by molar-refractivity contribution is -0.135. The maximum Gasteiger partial charge on any atom is 0.290 e. The minimum Gasteiger partial charge on any atom is -0.491 e. The van der Waals surface area contributed by atoms with Gasteiger partial charge in [-0.1, -0.05) is 18.2 Å². The number of carbonyl (C=O) groups excluding carboxylic acids is 2. The Morgan fingerprint density at radius 1 is 1.18 bits per heavy atom. The van der Waals surface area contributed by atoms with Crippen LogP contribution in [-0.4, -0.2) is 61.6 Å². The Kier molecular flexibility index (Phi) is 7.80. The number of methoxy groups -OCH3 is 1. The fourth-order valence-corrected chi connectivity index (χ4v) is 4.96. The van der Waals surface area contributed by atoms with E-state index < -0.39 is 0 Å². The molecule has 7 nitrogen and oxygen atoms in total. The van der Waals surface area contributed by atoms with Gasteiger partial charge in [-0.3, -0.25) is 9.59 Å². The molecule has 1 aliphatic rings. The van der Waals surface area contributed by atoms with Crippen molar-refractivity contribution in [3.05, 3.63) is 76.4 Å². The normalized spacial score (nSPS) is 15.2. The van der Waals surface area contributed by atoms with Crippen molar-refractivity contribution in [1.29, 1.82) is 0 Å². The highest BCUT2D eigenvalue weighted by atomic mass is 32.1. The highest BCUT2D eigenvalue weighted by Crippen LogP contribution is 2.34. The second-order valence-corrected chi connectivity index (χ2v) is 8.83. The Morgan fingerprint density at radius 3 is 2.79 bits per heavy atom. The Labute approximate surface area is 197 Å². The number of furan rings is 1. The van der Waals surface area contributed by atoms with Crippen LogP contribution in [0.25, 0.3) is 0 Å². The van der Waals surface area contributed by atoms with E-state index in [1.165, 1.54) is 11.1 Å². The van der Waals surface area contributed by atoms with Crippen molar-refractivity contribution in [3.63, 3.8) is 0 Å². The van der Waals surface area contributed by atoms with Gasteiger partial charge in [0.05, 0.1) is 12.3 Å². The molecule has 4 rings (SSSR count). The Morgan fingerprint density at radius 2 is 2.03 bits per heavy atom. The molecule has 3 aromatic rings. The maximum atomic E-state index is 13.5. The Hall–Kier alpha value is -3.10. The topological polar surface area (TPSA) is 72.2 Å². The van der Waals surface area contributed by atoms with E-state index in [4.69, 9.17) is 13.9 Å². The fraction of sp³-hybridized carbons (Fsp3) is 0.360. The van der Waals surface area contributed by atoms with E-state index in [0.29, 0.717) is 32.7 Å². The minimum atomic E-state index is -0.297. The molecule has 0 N–H and O–H groups in total. The summed E-state index contributed by atoms with van der Waals surface area (Å²) in [5.74, 6) is 0.588. The average Bonchev–Trinajstić information content (AvgIpc) is 3.54. The summed E-state index contributed by atoms with van der Waals surface area (Å²) in [6, 6.07) is 14.8. The Balaban J connectivity index is 1.50. The average molecular weight is 469 g/mol. The molecule has 174 valence electrons. The quantitative estimate of drug-likeness (QED) is 0.420. The number of carbonyl (C=O) groups is 2. The molecule has 1 unspecified atom stereocenters. The van der Waals surface area contributed by atoms with Gasteiger partial charge >= 0.3 is 0 Å². The van der Waals surface area contributed by atoms with E-state index in [2.05, 4.69) is 11.4 Å². The van der Waals surface area contributed by atoms with Gasteiger partial charge in [0.25, 0.3) is 5.91 Å². The molecule has 1 aliphatic heterocycles. The number of rotatable bonds is 10. The molecular formula is C25H28N2O5S. The summed E-state index contributed by atoms with van der Waals surface area (Å²) in [5.41, 5.74) is 1.12. The second-order valence-electron chi connectivity index (χ2n) is 7.83. The molecule has 1 aromatic carbocycles. The van der Waals surface area contributed by atoms with Crippen LogP contribution in [0.15, 0.2) is 64.6 Å². The van der Waals surface area contributed by atoms with Gasteiger partial charge < -0.3 is 23.7 Å². The number of thiophene rings is 1. The van der Waals surface area contributed by atoms with Gasteiger partial charge in [0, 0.05) is 31.7 Å². The molecule has 0 radical (unpaired) electrons. The predicted molar refractivity (Wildman–Crippen MR) is 126 cm³/mol. The van der Waals surface area contributed by atoms with Crippen LogP contribution in [0.3, 0.4) is 0 Å². The van der Waals surface area contributed by atoms with Gasteiger partial charge in [-0.05, 0) is 54.1 Å². The zero-order valence-corrected chi connectivity index (χ0v) is 19.5. The van der Waals surface area contributed by atoms with Gasteiger partial charge in [0.2, 0.25) is 5.91 Å². The van der Waals surface area contributed by atoms with Gasteiger partial charge in [-0.25, -0.2) is 0 Å². The summed E-state index contributed by atoms with van der Waals surface area (Å²) < 4.78 is 16.5. The van der Waals surface area contributed by atoms with E-state index in [0.717, 1.165) is 17.7 Å². The van der Waals surface area contributed by atoms with Crippen LogP contribution >= 0.6 is 11.3 Å². The number of benzene rings is 1. The van der Waals surface area contributed by atoms with Crippen molar-refractivity contribution in [2.24, 2.45) is 0 Å². The molecule has 0 spiro atoms. The number of nitrogens with zero attached hydrogens (tertiary/aromatic N) is 2. The van der Waals surface area contributed by atoms with Crippen molar-refractivity contribution < 1.29 is 23.5 Å². The largest absolute Gasteiger partial charge is 0.491 e. The summed E-state index contributed by atoms with van der Waals surface area (Å²) in [6.45, 7) is 1.84. The summed E-state index contributed by atoms with van der Waals surface area (Å²) in [5, 5.41) is 2.06. The number of hydrogen-bond acceptors (Lipinski definition) is 6. The summed E-state index contributed by atoms with van der Waals surface area (Å²) >= 11 is 1.71. The molecule has 3 heterocycles. The first-order valence-electron chi connectivity index (χ1n) is 11.0. The molecule has 0 bridgehead atoms. The molecule has 0 fully saturated rings. The van der Waals surface area contributed by atoms with Crippen LogP contribution in [0.5, 0.6) is 5.75 Å². The van der Waals surface area contributed by atoms with Crippen LogP contribution in [-0.2, 0) is 16.0 Å². The lowest BCUT2D eigenvalue weighted by Crippen LogP contribution is -2.48. The Bertz CT molecular complexity index is 1030. The first-order valence-corrected chi connectivity index (χ1v) is 11.9. The molecule has 2 aromatic heterocycles. The van der Waals surface area contributed by atoms with Crippen molar-refractivity contribution >= 4 is 23.2 Å². The SMILES string of the molecule is COCCCN(CC(=O)N1CCc2sccc2C1COc1ccccc1)C(=O)c1ccco1. The van der Waals surface area contributed by atoms with Crippen LogP contribution in [0.1, 0.15) is 33.5 Å². The van der Waals surface area contributed by atoms with Crippen LogP contribution < -0.4 is 4.74 Å². The molecule has 0 aliphatic carbocycles. The number of para-hydroxylation sites is 1. The van der Waals surface area contributed by atoms with Crippen LogP contribution in [0.2, 0.25) is 0 Å². The zero-order chi connectivity index (χ0) is 23.0. The number of fused-ring (bicyclic) bond motifs is 1. The second kappa shape index (κ2) is 11.2. The van der Waals surface area contributed by atoms with E-state index in [1.807, 2.05) is 35.2 Å². The maximum absolute atomic E-state index is 13.5. The molecule has 8 heteroatoms. The molecular weight excluding hydrogens is 440 g/mol. The van der Waals surface area contributed by atoms with E-state index in [1.54, 1.807) is 35.5 Å². The van der Waals surface area contributed by atoms with E-state index in [-0.39, 0.29) is 30.2 Å². The van der Waals surface area contributed by atoms with Crippen molar-refractivity contribution in [1.82, 2.24) is 9.80 Å².